The van der Waals surface area contributed by atoms with Crippen molar-refractivity contribution in [2.75, 3.05) is 37.9 Å². The van der Waals surface area contributed by atoms with Gasteiger partial charge in [0.25, 0.3) is 0 Å². The number of nitrogens with zero attached hydrogens (tertiary/aromatic N) is 2. The van der Waals surface area contributed by atoms with Crippen LogP contribution in [0.25, 0.3) is 0 Å². The summed E-state index contributed by atoms with van der Waals surface area (Å²) in [7, 11) is 0. The van der Waals surface area contributed by atoms with Gasteiger partial charge in [0.2, 0.25) is 6.79 Å². The number of fused-ring (bicyclic) bond motifs is 1. The predicted octanol–water partition coefficient (Wildman–Crippen LogP) is 4.32. The summed E-state index contributed by atoms with van der Waals surface area (Å²) in [4.78, 5) is 16.6. The second-order valence-corrected chi connectivity index (χ2v) is 8.42. The van der Waals surface area contributed by atoms with Crippen molar-refractivity contribution in [1.82, 2.24) is 4.90 Å². The van der Waals surface area contributed by atoms with Crippen LogP contribution in [0.3, 0.4) is 0 Å². The van der Waals surface area contributed by atoms with Gasteiger partial charge in [0.05, 0.1) is 12.2 Å². The summed E-state index contributed by atoms with van der Waals surface area (Å²) in [5, 5.41) is 0. The molecule has 5 rings (SSSR count). The Kier molecular flexibility index (Phi) is 5.25. The van der Waals surface area contributed by atoms with E-state index in [1.807, 2.05) is 37.3 Å². The number of para-hydroxylation sites is 1. The molecule has 6 heteroatoms. The first kappa shape index (κ1) is 19.2. The van der Waals surface area contributed by atoms with Crippen LogP contribution in [0.15, 0.2) is 42.5 Å². The molecule has 30 heavy (non-hydrogen) atoms. The fraction of sp³-hybridized carbons (Fsp3) is 0.458. The minimum atomic E-state index is -0.226. The first-order valence-electron chi connectivity index (χ1n) is 10.8. The summed E-state index contributed by atoms with van der Waals surface area (Å²) >= 11 is 0. The molecule has 158 valence electrons. The van der Waals surface area contributed by atoms with Crippen molar-refractivity contribution in [2.24, 2.45) is 0 Å². The van der Waals surface area contributed by atoms with Crippen LogP contribution in [-0.4, -0.2) is 50.1 Å². The number of carbonyl (C=O) groups is 1. The maximum absolute atomic E-state index is 12.3. The van der Waals surface area contributed by atoms with Gasteiger partial charge in [-0.3, -0.25) is 4.90 Å². The van der Waals surface area contributed by atoms with Crippen molar-refractivity contribution in [1.29, 1.82) is 0 Å². The largest absolute Gasteiger partial charge is 0.454 e. The lowest BCUT2D eigenvalue weighted by Crippen LogP contribution is -2.35. The first-order valence-corrected chi connectivity index (χ1v) is 10.8. The fourth-order valence-electron chi connectivity index (χ4n) is 4.72. The van der Waals surface area contributed by atoms with Crippen molar-refractivity contribution >= 4 is 11.8 Å². The average molecular weight is 408 g/mol. The van der Waals surface area contributed by atoms with Crippen LogP contribution in [0.2, 0.25) is 0 Å². The molecular weight excluding hydrogens is 380 g/mol. The number of rotatable bonds is 5. The number of carbonyl (C=O) groups excluding carboxylic acids is 1. The first-order chi connectivity index (χ1) is 14.7. The second kappa shape index (κ2) is 8.19. The van der Waals surface area contributed by atoms with Gasteiger partial charge in [0, 0.05) is 6.54 Å². The highest BCUT2D eigenvalue weighted by molar-refractivity contribution is 5.90. The van der Waals surface area contributed by atoms with Gasteiger partial charge in [-0.1, -0.05) is 24.3 Å². The van der Waals surface area contributed by atoms with Crippen LogP contribution in [0.1, 0.15) is 36.3 Å². The maximum atomic E-state index is 12.3. The van der Waals surface area contributed by atoms with Gasteiger partial charge in [-0.05, 0) is 74.5 Å². The number of piperidine rings is 1. The third kappa shape index (κ3) is 3.84. The number of ether oxygens (including phenoxy) is 3. The monoisotopic (exact) mass is 408 g/mol. The van der Waals surface area contributed by atoms with Crippen molar-refractivity contribution in [3.8, 4) is 11.5 Å². The average Bonchev–Trinajstić information content (AvgIpc) is 3.39. The smallest absolute Gasteiger partial charge is 0.414 e. The zero-order valence-electron chi connectivity index (χ0n) is 17.4. The molecule has 6 nitrogen and oxygen atoms in total. The molecular formula is C24H28N2O4. The maximum Gasteiger partial charge on any atom is 0.414 e. The number of benzene rings is 2. The molecule has 1 unspecified atom stereocenters. The Morgan fingerprint density at radius 1 is 1.03 bits per heavy atom. The Labute approximate surface area is 177 Å². The standard InChI is InChI=1S/C24H28N2O4/c1-17-4-2-3-5-21(17)26-15-20(30-24(26)27)10-13-25-11-8-18(9-12-25)19-6-7-22-23(14-19)29-16-28-22/h2-7,14,18,20H,8-13,15-16H2,1H3. The van der Waals surface area contributed by atoms with Gasteiger partial charge in [0.1, 0.15) is 6.10 Å². The molecule has 0 aliphatic carbocycles. The van der Waals surface area contributed by atoms with E-state index in [-0.39, 0.29) is 12.2 Å². The molecule has 1 amide bonds. The Hall–Kier alpha value is -2.73. The third-order valence-corrected chi connectivity index (χ3v) is 6.50. The van der Waals surface area contributed by atoms with E-state index in [0.717, 1.165) is 61.6 Å². The second-order valence-electron chi connectivity index (χ2n) is 8.42. The molecule has 0 radical (unpaired) electrons. The number of likely N-dealkylation sites (tertiary alicyclic amines) is 1. The van der Waals surface area contributed by atoms with Crippen molar-refractivity contribution in [3.63, 3.8) is 0 Å². The zero-order valence-corrected chi connectivity index (χ0v) is 17.4. The molecule has 2 aromatic carbocycles. The van der Waals surface area contributed by atoms with Crippen molar-refractivity contribution in [3.05, 3.63) is 53.6 Å². The lowest BCUT2D eigenvalue weighted by atomic mass is 9.89. The van der Waals surface area contributed by atoms with Crippen molar-refractivity contribution in [2.45, 2.75) is 38.2 Å². The number of hydrogen-bond donors (Lipinski definition) is 0. The van der Waals surface area contributed by atoms with Gasteiger partial charge in [-0.25, -0.2) is 4.79 Å². The van der Waals surface area contributed by atoms with Crippen LogP contribution in [0.5, 0.6) is 11.5 Å². The zero-order chi connectivity index (χ0) is 20.5. The number of cyclic esters (lactones) is 1. The van der Waals surface area contributed by atoms with E-state index >= 15 is 0 Å². The molecule has 3 heterocycles. The highest BCUT2D eigenvalue weighted by Gasteiger charge is 2.33. The summed E-state index contributed by atoms with van der Waals surface area (Å²) in [5.41, 5.74) is 3.40. The van der Waals surface area contributed by atoms with E-state index in [9.17, 15) is 4.79 Å². The van der Waals surface area contributed by atoms with Gasteiger partial charge < -0.3 is 19.1 Å². The summed E-state index contributed by atoms with van der Waals surface area (Å²) < 4.78 is 16.6. The predicted molar refractivity (Wildman–Crippen MR) is 114 cm³/mol. The van der Waals surface area contributed by atoms with Crippen LogP contribution in [0.4, 0.5) is 10.5 Å². The highest BCUT2D eigenvalue weighted by atomic mass is 16.7. The third-order valence-electron chi connectivity index (χ3n) is 6.50. The quantitative estimate of drug-likeness (QED) is 0.738. The summed E-state index contributed by atoms with van der Waals surface area (Å²) in [6.45, 7) is 6.10. The number of aryl methyl sites for hydroxylation is 1. The number of hydrogen-bond acceptors (Lipinski definition) is 5. The van der Waals surface area contributed by atoms with Gasteiger partial charge in [-0.2, -0.15) is 0 Å². The Bertz CT molecular complexity index is 923. The Morgan fingerprint density at radius 2 is 1.83 bits per heavy atom. The molecule has 2 aromatic rings. The summed E-state index contributed by atoms with van der Waals surface area (Å²) in [6.07, 6.45) is 2.89. The molecule has 3 aliphatic heterocycles. The molecule has 1 atom stereocenters. The molecule has 3 aliphatic rings. The molecule has 0 N–H and O–H groups in total. The molecule has 0 aromatic heterocycles. The lowest BCUT2D eigenvalue weighted by Gasteiger charge is -2.32. The van der Waals surface area contributed by atoms with E-state index in [1.165, 1.54) is 5.56 Å². The van der Waals surface area contributed by atoms with Gasteiger partial charge in [-0.15, -0.1) is 0 Å². The molecule has 0 bridgehead atoms. The SMILES string of the molecule is Cc1ccccc1N1CC(CCN2CCC(c3ccc4c(c3)OCO4)CC2)OC1=O. The van der Waals surface area contributed by atoms with E-state index in [1.54, 1.807) is 4.90 Å². The van der Waals surface area contributed by atoms with E-state index < -0.39 is 0 Å². The molecule has 2 saturated heterocycles. The topological polar surface area (TPSA) is 51.2 Å². The molecule has 2 fully saturated rings. The van der Waals surface area contributed by atoms with Crippen LogP contribution < -0.4 is 14.4 Å². The Balaban J connectivity index is 1.11. The highest BCUT2D eigenvalue weighted by Crippen LogP contribution is 2.37. The Morgan fingerprint density at radius 3 is 2.67 bits per heavy atom. The fourth-order valence-corrected chi connectivity index (χ4v) is 4.72. The van der Waals surface area contributed by atoms with Crippen LogP contribution >= 0.6 is 0 Å². The van der Waals surface area contributed by atoms with Crippen LogP contribution in [0, 0.1) is 6.92 Å². The van der Waals surface area contributed by atoms with E-state index in [0.29, 0.717) is 19.3 Å². The van der Waals surface area contributed by atoms with Crippen molar-refractivity contribution < 1.29 is 19.0 Å². The number of anilines is 1. The van der Waals surface area contributed by atoms with E-state index in [4.69, 9.17) is 14.2 Å². The van der Waals surface area contributed by atoms with Crippen LogP contribution in [-0.2, 0) is 4.74 Å². The lowest BCUT2D eigenvalue weighted by molar-refractivity contribution is 0.120. The minimum Gasteiger partial charge on any atom is -0.454 e. The number of amides is 1. The summed E-state index contributed by atoms with van der Waals surface area (Å²) in [6, 6.07) is 14.3. The van der Waals surface area contributed by atoms with E-state index in [2.05, 4.69) is 17.0 Å². The molecule has 0 saturated carbocycles. The molecule has 0 spiro atoms. The normalized spacial score (nSPS) is 21.8. The minimum absolute atomic E-state index is 0.0383. The summed E-state index contributed by atoms with van der Waals surface area (Å²) in [5.74, 6) is 2.29. The van der Waals surface area contributed by atoms with Gasteiger partial charge in [0.15, 0.2) is 11.5 Å². The van der Waals surface area contributed by atoms with Gasteiger partial charge >= 0.3 is 6.09 Å².